The van der Waals surface area contributed by atoms with E-state index in [0.29, 0.717) is 35.4 Å². The zero-order chi connectivity index (χ0) is 28.4. The summed E-state index contributed by atoms with van der Waals surface area (Å²) < 4.78 is 48.7. The third-order valence-corrected chi connectivity index (χ3v) is 9.19. The van der Waals surface area contributed by atoms with Gasteiger partial charge < -0.3 is 13.9 Å². The minimum atomic E-state index is -3.99. The van der Waals surface area contributed by atoms with Crippen molar-refractivity contribution in [2.75, 3.05) is 24.6 Å². The minimum absolute atomic E-state index is 0.121. The summed E-state index contributed by atoms with van der Waals surface area (Å²) in [5.74, 6) is 1.22. The van der Waals surface area contributed by atoms with Crippen molar-refractivity contribution < 1.29 is 22.3 Å². The first-order valence-corrected chi connectivity index (χ1v) is 15.0. The Balaban J connectivity index is 1.58. The summed E-state index contributed by atoms with van der Waals surface area (Å²) in [7, 11) is -2.36. The van der Waals surface area contributed by atoms with E-state index in [1.807, 2.05) is 104 Å². The first kappa shape index (κ1) is 26.9. The van der Waals surface area contributed by atoms with Crippen molar-refractivity contribution in [3.05, 3.63) is 132 Å². The number of hydrogen-bond acceptors (Lipinski definition) is 5. The van der Waals surface area contributed by atoms with Crippen LogP contribution in [0.25, 0.3) is 16.5 Å². The molecule has 7 heteroatoms. The van der Waals surface area contributed by atoms with Crippen LogP contribution in [0.5, 0.6) is 5.75 Å². The molecule has 1 aliphatic heterocycles. The molecule has 0 unspecified atom stereocenters. The average molecular weight is 566 g/mol. The quantitative estimate of drug-likeness (QED) is 0.220. The number of nitrogens with zero attached hydrogens (tertiary/aromatic N) is 1. The molecule has 6 rings (SSSR count). The molecule has 1 atom stereocenters. The van der Waals surface area contributed by atoms with Gasteiger partial charge in [-0.2, -0.15) is 0 Å². The van der Waals surface area contributed by atoms with E-state index in [-0.39, 0.29) is 11.4 Å². The highest BCUT2D eigenvalue weighted by Gasteiger charge is 2.34. The number of hydrogen-bond donors (Lipinski definition) is 0. The fraction of sp³-hybridized carbons (Fsp3) is 0.176. The molecule has 1 aliphatic rings. The third kappa shape index (κ3) is 5.26. The normalized spacial score (nSPS) is 17.5. The molecule has 208 valence electrons. The lowest BCUT2D eigenvalue weighted by molar-refractivity contribution is 0.0710. The average Bonchev–Trinajstić information content (AvgIpc) is 3.38. The summed E-state index contributed by atoms with van der Waals surface area (Å²) >= 11 is 0. The van der Waals surface area contributed by atoms with Gasteiger partial charge >= 0.3 is 0 Å². The van der Waals surface area contributed by atoms with Crippen molar-refractivity contribution in [3.63, 3.8) is 0 Å². The van der Waals surface area contributed by atoms with Gasteiger partial charge in [-0.25, -0.2) is 8.42 Å². The number of ether oxygens (including phenoxy) is 2. The van der Waals surface area contributed by atoms with Gasteiger partial charge in [-0.05, 0) is 66.4 Å². The maximum absolute atomic E-state index is 14.4. The lowest BCUT2D eigenvalue weighted by atomic mass is 10.0. The molecule has 0 saturated carbocycles. The van der Waals surface area contributed by atoms with Crippen LogP contribution in [0.3, 0.4) is 0 Å². The SMILES string of the molecule is COc1ccc(/C2=C/CN(S(=O)(=O)c3ccc(C)cc3)c3c(oc4ccccc34)[C@@H](c3ccccc3)OCC2)cc1. The topological polar surface area (TPSA) is 69.0 Å². The molecule has 0 fully saturated rings. The highest BCUT2D eigenvalue weighted by atomic mass is 32.2. The van der Waals surface area contributed by atoms with Crippen LogP contribution in [-0.4, -0.2) is 28.7 Å². The first-order chi connectivity index (χ1) is 20.0. The van der Waals surface area contributed by atoms with E-state index in [9.17, 15) is 8.42 Å². The minimum Gasteiger partial charge on any atom is -0.497 e. The molecule has 5 aromatic rings. The summed E-state index contributed by atoms with van der Waals surface area (Å²) in [6.45, 7) is 2.47. The number of benzene rings is 4. The number of methoxy groups -OCH3 is 1. The lowest BCUT2D eigenvalue weighted by Gasteiger charge is -2.28. The van der Waals surface area contributed by atoms with Crippen LogP contribution in [-0.2, 0) is 14.8 Å². The zero-order valence-corrected chi connectivity index (χ0v) is 23.8. The highest BCUT2D eigenvalue weighted by Crippen LogP contribution is 2.44. The van der Waals surface area contributed by atoms with Gasteiger partial charge in [-0.1, -0.05) is 78.4 Å². The number of sulfonamides is 1. The largest absolute Gasteiger partial charge is 0.497 e. The van der Waals surface area contributed by atoms with Crippen LogP contribution < -0.4 is 9.04 Å². The molecular weight excluding hydrogens is 534 g/mol. The molecule has 0 saturated heterocycles. The van der Waals surface area contributed by atoms with Crippen LogP contribution in [0.15, 0.2) is 119 Å². The van der Waals surface area contributed by atoms with Gasteiger partial charge in [0.25, 0.3) is 10.0 Å². The van der Waals surface area contributed by atoms with Gasteiger partial charge in [0.1, 0.15) is 23.1 Å². The fourth-order valence-electron chi connectivity index (χ4n) is 5.23. The maximum atomic E-state index is 14.4. The Bertz CT molecular complexity index is 1790. The van der Waals surface area contributed by atoms with Gasteiger partial charge in [0.15, 0.2) is 5.76 Å². The van der Waals surface area contributed by atoms with Gasteiger partial charge in [0, 0.05) is 5.39 Å². The van der Waals surface area contributed by atoms with E-state index in [1.165, 1.54) is 4.31 Å². The predicted octanol–water partition coefficient (Wildman–Crippen LogP) is 7.54. The molecule has 6 nitrogen and oxygen atoms in total. The third-order valence-electron chi connectivity index (χ3n) is 7.41. The van der Waals surface area contributed by atoms with Crippen LogP contribution in [0.2, 0.25) is 0 Å². The summed E-state index contributed by atoms with van der Waals surface area (Å²) in [5, 5.41) is 0.711. The lowest BCUT2D eigenvalue weighted by Crippen LogP contribution is -2.33. The summed E-state index contributed by atoms with van der Waals surface area (Å²) in [6.07, 6.45) is 1.96. The Kier molecular flexibility index (Phi) is 7.39. The molecule has 0 spiro atoms. The number of para-hydroxylation sites is 1. The van der Waals surface area contributed by atoms with Crippen molar-refractivity contribution in [1.29, 1.82) is 0 Å². The van der Waals surface area contributed by atoms with Crippen LogP contribution >= 0.6 is 0 Å². The molecule has 1 aromatic heterocycles. The molecule has 0 radical (unpaired) electrons. The maximum Gasteiger partial charge on any atom is 0.264 e. The second kappa shape index (κ2) is 11.3. The number of furan rings is 1. The zero-order valence-electron chi connectivity index (χ0n) is 23.0. The molecule has 0 bridgehead atoms. The Morgan fingerprint density at radius 2 is 1.56 bits per heavy atom. The molecule has 0 aliphatic carbocycles. The Hall–Kier alpha value is -4.33. The second-order valence-electron chi connectivity index (χ2n) is 10.0. The number of rotatable bonds is 5. The van der Waals surface area contributed by atoms with Crippen LogP contribution in [0.4, 0.5) is 5.69 Å². The fourth-order valence-corrected chi connectivity index (χ4v) is 6.67. The van der Waals surface area contributed by atoms with Gasteiger partial charge in [0.05, 0.1) is 25.2 Å². The van der Waals surface area contributed by atoms with Gasteiger partial charge in [-0.3, -0.25) is 4.31 Å². The standard InChI is InChI=1S/C34H31NO5S/c1-24-12-18-29(19-13-24)41(36,37)35-22-20-26(25-14-16-28(38-2)17-15-25)21-23-39-33(27-8-4-3-5-9-27)34-32(35)30-10-6-7-11-31(30)40-34/h3-20,33H,21-23H2,1-2H3/b26-20+/t33-/m1/s1. The van der Waals surface area contributed by atoms with E-state index in [4.69, 9.17) is 13.9 Å². The second-order valence-corrected chi connectivity index (χ2v) is 11.9. The van der Waals surface area contributed by atoms with Crippen molar-refractivity contribution in [2.45, 2.75) is 24.3 Å². The summed E-state index contributed by atoms with van der Waals surface area (Å²) in [4.78, 5) is 0.216. The first-order valence-electron chi connectivity index (χ1n) is 13.6. The molecule has 0 amide bonds. The van der Waals surface area contributed by atoms with Crippen molar-refractivity contribution in [3.8, 4) is 5.75 Å². The van der Waals surface area contributed by atoms with Crippen molar-refractivity contribution in [2.24, 2.45) is 0 Å². The molecular formula is C34H31NO5S. The monoisotopic (exact) mass is 565 g/mol. The highest BCUT2D eigenvalue weighted by molar-refractivity contribution is 7.92. The number of fused-ring (bicyclic) bond motifs is 3. The Morgan fingerprint density at radius 3 is 2.29 bits per heavy atom. The molecule has 2 heterocycles. The predicted molar refractivity (Wildman–Crippen MR) is 162 cm³/mol. The molecule has 0 N–H and O–H groups in total. The van der Waals surface area contributed by atoms with E-state index < -0.39 is 16.1 Å². The van der Waals surface area contributed by atoms with E-state index >= 15 is 0 Å². The van der Waals surface area contributed by atoms with Crippen LogP contribution in [0, 0.1) is 6.92 Å². The smallest absolute Gasteiger partial charge is 0.264 e. The molecule has 4 aromatic carbocycles. The number of anilines is 1. The van der Waals surface area contributed by atoms with Gasteiger partial charge in [-0.15, -0.1) is 0 Å². The molecule has 41 heavy (non-hydrogen) atoms. The summed E-state index contributed by atoms with van der Waals surface area (Å²) in [6, 6.07) is 32.1. The summed E-state index contributed by atoms with van der Waals surface area (Å²) in [5.41, 5.74) is 4.93. The van der Waals surface area contributed by atoms with E-state index in [1.54, 1.807) is 19.2 Å². The van der Waals surface area contributed by atoms with E-state index in [0.717, 1.165) is 28.0 Å². The van der Waals surface area contributed by atoms with E-state index in [2.05, 4.69) is 0 Å². The Labute approximate surface area is 240 Å². The van der Waals surface area contributed by atoms with Crippen molar-refractivity contribution in [1.82, 2.24) is 0 Å². The Morgan fingerprint density at radius 1 is 0.854 bits per heavy atom. The van der Waals surface area contributed by atoms with Crippen LogP contribution in [0.1, 0.15) is 35.0 Å². The number of aryl methyl sites for hydroxylation is 1. The van der Waals surface area contributed by atoms with Crippen molar-refractivity contribution >= 4 is 32.3 Å². The van der Waals surface area contributed by atoms with Gasteiger partial charge in [0.2, 0.25) is 0 Å².